The number of carboxylic acids is 1. The topological polar surface area (TPSA) is 54.4 Å². The lowest BCUT2D eigenvalue weighted by Crippen LogP contribution is -2.61. The van der Waals surface area contributed by atoms with E-state index in [4.69, 9.17) is 0 Å². The van der Waals surface area contributed by atoms with Crippen LogP contribution in [0.1, 0.15) is 33.6 Å². The quantitative estimate of drug-likeness (QED) is 0.684. The summed E-state index contributed by atoms with van der Waals surface area (Å²) in [6.45, 7) is 6.49. The normalized spacial score (nSPS) is 68.8. The van der Waals surface area contributed by atoms with Crippen molar-refractivity contribution < 1.29 is 14.7 Å². The van der Waals surface area contributed by atoms with Crippen LogP contribution in [-0.2, 0) is 9.59 Å². The Bertz CT molecular complexity index is 484. The van der Waals surface area contributed by atoms with E-state index in [1.54, 1.807) is 0 Å². The summed E-state index contributed by atoms with van der Waals surface area (Å²) in [7, 11) is 0. The number of aliphatic carboxylic acids is 1. The van der Waals surface area contributed by atoms with Crippen LogP contribution in [0.3, 0.4) is 0 Å². The van der Waals surface area contributed by atoms with Crippen LogP contribution in [0.15, 0.2) is 0 Å². The lowest BCUT2D eigenvalue weighted by atomic mass is 9.39. The first kappa shape index (κ1) is 9.20. The highest BCUT2D eigenvalue weighted by Crippen LogP contribution is 3.07. The second-order valence-electron chi connectivity index (χ2n) is 7.01. The predicted molar refractivity (Wildman–Crippen MR) is 55.6 cm³/mol. The first-order valence-corrected chi connectivity index (χ1v) is 6.04. The van der Waals surface area contributed by atoms with Crippen molar-refractivity contribution >= 4 is 11.8 Å². The van der Waals surface area contributed by atoms with Crippen LogP contribution < -0.4 is 0 Å². The molecule has 4 saturated carbocycles. The Balaban J connectivity index is 1.94. The van der Waals surface area contributed by atoms with Gasteiger partial charge in [0.15, 0.2) is 5.78 Å². The van der Waals surface area contributed by atoms with Gasteiger partial charge in [-0.25, -0.2) is 0 Å². The van der Waals surface area contributed by atoms with Crippen molar-refractivity contribution in [3.05, 3.63) is 0 Å². The maximum atomic E-state index is 12.1. The summed E-state index contributed by atoms with van der Waals surface area (Å²) in [5.74, 6) is -1.55. The zero-order valence-electron chi connectivity index (χ0n) is 9.83. The third kappa shape index (κ3) is 0.417. The van der Waals surface area contributed by atoms with Gasteiger partial charge in [-0.05, 0) is 29.1 Å². The molecule has 6 unspecified atom stereocenters. The summed E-state index contributed by atoms with van der Waals surface area (Å²) in [6, 6.07) is 0. The molecular formula is C13H16O3. The highest BCUT2D eigenvalue weighted by atomic mass is 16.4. The first-order valence-electron chi connectivity index (χ1n) is 6.04. The lowest BCUT2D eigenvalue weighted by molar-refractivity contribution is -0.180. The molecule has 1 spiro atoms. The highest BCUT2D eigenvalue weighted by Gasteiger charge is 3.06. The Morgan fingerprint density at radius 3 is 2.44 bits per heavy atom. The molecule has 86 valence electrons. The molecule has 1 N–H and O–H groups in total. The smallest absolute Gasteiger partial charge is 0.314 e. The van der Waals surface area contributed by atoms with Gasteiger partial charge in [0.2, 0.25) is 0 Å². The van der Waals surface area contributed by atoms with E-state index < -0.39 is 11.9 Å². The van der Waals surface area contributed by atoms with Gasteiger partial charge in [0.05, 0.1) is 0 Å². The Hall–Kier alpha value is -0.860. The number of rotatable bonds is 1. The van der Waals surface area contributed by atoms with Gasteiger partial charge in [0.25, 0.3) is 0 Å². The second kappa shape index (κ2) is 1.77. The molecule has 3 nitrogen and oxygen atoms in total. The molecule has 16 heavy (non-hydrogen) atoms. The minimum atomic E-state index is -0.894. The summed E-state index contributed by atoms with van der Waals surface area (Å²) in [4.78, 5) is 23.5. The Morgan fingerprint density at radius 2 is 2.00 bits per heavy atom. The molecule has 0 aromatic carbocycles. The molecular weight excluding hydrogens is 204 g/mol. The van der Waals surface area contributed by atoms with Gasteiger partial charge in [-0.2, -0.15) is 0 Å². The van der Waals surface area contributed by atoms with E-state index in [1.807, 2.05) is 6.92 Å². The molecule has 4 rings (SSSR count). The van der Waals surface area contributed by atoms with Gasteiger partial charge in [-0.15, -0.1) is 0 Å². The van der Waals surface area contributed by atoms with E-state index in [0.717, 1.165) is 12.8 Å². The maximum Gasteiger partial charge on any atom is 0.314 e. The first-order chi connectivity index (χ1) is 7.28. The molecule has 0 aliphatic heterocycles. The molecule has 4 fully saturated rings. The number of fused-ring (bicyclic) bond motifs is 1. The summed E-state index contributed by atoms with van der Waals surface area (Å²) < 4.78 is 0. The average Bonchev–Trinajstić information content (AvgIpc) is 2.42. The maximum absolute atomic E-state index is 12.1. The zero-order valence-corrected chi connectivity index (χ0v) is 9.83. The van der Waals surface area contributed by atoms with Gasteiger partial charge in [0.1, 0.15) is 5.92 Å². The minimum absolute atomic E-state index is 0.0182. The van der Waals surface area contributed by atoms with Crippen molar-refractivity contribution in [2.45, 2.75) is 33.6 Å². The molecule has 4 aliphatic carbocycles. The Kier molecular flexibility index (Phi) is 1.02. The monoisotopic (exact) mass is 220 g/mol. The van der Waals surface area contributed by atoms with Crippen molar-refractivity contribution in [1.29, 1.82) is 0 Å². The van der Waals surface area contributed by atoms with Gasteiger partial charge < -0.3 is 5.11 Å². The largest absolute Gasteiger partial charge is 0.481 e. The molecule has 6 atom stereocenters. The molecule has 0 saturated heterocycles. The van der Waals surface area contributed by atoms with Gasteiger partial charge in [-0.1, -0.05) is 20.8 Å². The van der Waals surface area contributed by atoms with Gasteiger partial charge in [-0.3, -0.25) is 9.59 Å². The standard InChI is InChI=1S/C13H16O3/c1-10-4-6-8(14)7(9(15)16)12(3)11(2,5-10)13(6,10)12/h6-7H,4-5H2,1-3H3,(H,15,16). The Labute approximate surface area is 94.2 Å². The number of carbonyl (C=O) groups excluding carboxylic acids is 1. The zero-order chi connectivity index (χ0) is 11.7. The van der Waals surface area contributed by atoms with Crippen molar-refractivity contribution in [3.8, 4) is 0 Å². The third-order valence-electron chi connectivity index (χ3n) is 7.10. The van der Waals surface area contributed by atoms with Crippen LogP contribution in [0.2, 0.25) is 0 Å². The molecule has 0 radical (unpaired) electrons. The van der Waals surface area contributed by atoms with Gasteiger partial charge in [0, 0.05) is 11.3 Å². The fourth-order valence-corrected chi connectivity index (χ4v) is 7.07. The van der Waals surface area contributed by atoms with E-state index in [9.17, 15) is 14.7 Å². The van der Waals surface area contributed by atoms with Crippen LogP contribution in [0, 0.1) is 33.5 Å². The fourth-order valence-electron chi connectivity index (χ4n) is 7.07. The van der Waals surface area contributed by atoms with E-state index in [-0.39, 0.29) is 33.4 Å². The molecule has 0 heterocycles. The molecule has 4 aliphatic rings. The van der Waals surface area contributed by atoms with E-state index >= 15 is 0 Å². The summed E-state index contributed by atoms with van der Waals surface area (Å²) in [5.41, 5.74) is 0.212. The predicted octanol–water partition coefficient (Wildman–Crippen LogP) is 1.71. The SMILES string of the molecule is CC12CC3C(=O)C(C(=O)O)C4(C)C(C)(C1)C324. The number of hydrogen-bond donors (Lipinski definition) is 1. The molecule has 0 aromatic rings. The number of carboxylic acid groups (broad SMARTS) is 1. The number of hydrogen-bond acceptors (Lipinski definition) is 2. The minimum Gasteiger partial charge on any atom is -0.481 e. The average molecular weight is 220 g/mol. The van der Waals surface area contributed by atoms with Crippen LogP contribution in [0.25, 0.3) is 0 Å². The van der Waals surface area contributed by atoms with Gasteiger partial charge >= 0.3 is 5.97 Å². The van der Waals surface area contributed by atoms with Crippen LogP contribution in [0.5, 0.6) is 0 Å². The van der Waals surface area contributed by atoms with Crippen LogP contribution in [-0.4, -0.2) is 16.9 Å². The fraction of sp³-hybridized carbons (Fsp3) is 0.846. The summed E-state index contributed by atoms with van der Waals surface area (Å²) >= 11 is 0. The number of ketones is 1. The van der Waals surface area contributed by atoms with Crippen molar-refractivity contribution in [2.24, 2.45) is 33.5 Å². The van der Waals surface area contributed by atoms with E-state index in [1.165, 1.54) is 0 Å². The Morgan fingerprint density at radius 1 is 1.38 bits per heavy atom. The van der Waals surface area contributed by atoms with Crippen molar-refractivity contribution in [2.75, 3.05) is 0 Å². The highest BCUT2D eigenvalue weighted by molar-refractivity contribution is 6.07. The number of Topliss-reactive ketones (excluding diaryl/α,β-unsaturated/α-hetero) is 1. The third-order valence-corrected chi connectivity index (χ3v) is 7.10. The summed E-state index contributed by atoms with van der Waals surface area (Å²) in [5, 5.41) is 9.32. The lowest BCUT2D eigenvalue weighted by Gasteiger charge is -2.64. The van der Waals surface area contributed by atoms with Crippen LogP contribution in [0.4, 0.5) is 0 Å². The molecule has 3 heteroatoms. The van der Waals surface area contributed by atoms with Crippen molar-refractivity contribution in [1.82, 2.24) is 0 Å². The summed E-state index contributed by atoms with van der Waals surface area (Å²) in [6.07, 6.45) is 2.05. The van der Waals surface area contributed by atoms with Crippen LogP contribution >= 0.6 is 0 Å². The van der Waals surface area contributed by atoms with E-state index in [0.29, 0.717) is 0 Å². The molecule has 0 aromatic heterocycles. The van der Waals surface area contributed by atoms with E-state index in [2.05, 4.69) is 13.8 Å². The van der Waals surface area contributed by atoms with Crippen molar-refractivity contribution in [3.63, 3.8) is 0 Å². The number of carbonyl (C=O) groups is 2. The molecule has 0 amide bonds. The second-order valence-corrected chi connectivity index (χ2v) is 7.01. The molecule has 0 bridgehead atoms.